The molecular weight excluding hydrogens is 576 g/mol. The van der Waals surface area contributed by atoms with E-state index in [1.807, 2.05) is 55.4 Å². The third-order valence-electron chi connectivity index (χ3n) is 12.0. The highest BCUT2D eigenvalue weighted by atomic mass is 16.7. The molecule has 0 spiro atoms. The molecule has 5 saturated carbocycles. The van der Waals surface area contributed by atoms with E-state index < -0.39 is 23.4 Å². The molecule has 0 aromatic rings. The average molecular weight is 649 g/mol. The molecule has 5 aliphatic rings. The van der Waals surface area contributed by atoms with Gasteiger partial charge in [-0.3, -0.25) is 9.59 Å². The fourth-order valence-electron chi connectivity index (χ4n) is 8.42. The van der Waals surface area contributed by atoms with Crippen molar-refractivity contribution in [2.75, 3.05) is 6.61 Å². The van der Waals surface area contributed by atoms with Crippen molar-refractivity contribution < 1.29 is 28.5 Å². The van der Waals surface area contributed by atoms with Gasteiger partial charge in [-0.05, 0) is 135 Å². The third-order valence-corrected chi connectivity index (χ3v) is 12.0. The van der Waals surface area contributed by atoms with Crippen molar-refractivity contribution in [1.29, 1.82) is 0 Å². The maximum absolute atomic E-state index is 12.5. The van der Waals surface area contributed by atoms with Gasteiger partial charge >= 0.3 is 11.9 Å². The summed E-state index contributed by atoms with van der Waals surface area (Å²) in [6.45, 7) is 25.0. The number of hydrogen-bond donors (Lipinski definition) is 0. The predicted octanol–water partition coefficient (Wildman–Crippen LogP) is 10.6. The molecule has 5 rings (SSSR count). The molecule has 0 radical (unpaired) electrons. The molecule has 5 aliphatic carbocycles. The molecule has 6 heteroatoms. The second-order valence-corrected chi connectivity index (χ2v) is 18.8. The predicted molar refractivity (Wildman–Crippen MR) is 186 cm³/mol. The number of carbonyl (C=O) groups excluding carboxylic acids is 2. The highest BCUT2D eigenvalue weighted by molar-refractivity contribution is 5.76. The lowest BCUT2D eigenvalue weighted by atomic mass is 9.49. The van der Waals surface area contributed by atoms with E-state index in [0.29, 0.717) is 12.0 Å². The first kappa shape index (κ1) is 39.3. The van der Waals surface area contributed by atoms with Crippen LogP contribution < -0.4 is 0 Å². The number of hydrogen-bond acceptors (Lipinski definition) is 6. The fraction of sp³-hybridized carbons (Fsp3) is 0.950. The Morgan fingerprint density at radius 3 is 1.61 bits per heavy atom. The monoisotopic (exact) mass is 649 g/mol. The van der Waals surface area contributed by atoms with Crippen LogP contribution in [0.3, 0.4) is 0 Å². The standard InChI is InChI=1S/C23H40O3.C17H32O3/c1-7-22(5,6)19(24)26-20(21(2,3)4)25-9-8-23-13-16-10-17(14-23)12-18(11-16)15-23;1-7-16(4,5)14(18)20-15(19-13(2)3)17(6)11-9-8-10-12-17/h16-18,20H,7-15H2,1-6H3;13,15H,7-12H2,1-6H3. The summed E-state index contributed by atoms with van der Waals surface area (Å²) in [5.74, 6) is 2.64. The molecule has 268 valence electrons. The zero-order chi connectivity index (χ0) is 34.6. The van der Waals surface area contributed by atoms with Crippen molar-refractivity contribution in [1.82, 2.24) is 0 Å². The molecule has 4 bridgehead atoms. The molecular formula is C40H72O6. The minimum absolute atomic E-state index is 0.0397. The molecule has 0 N–H and O–H groups in total. The number of rotatable bonds is 13. The summed E-state index contributed by atoms with van der Waals surface area (Å²) in [4.78, 5) is 24.9. The Morgan fingerprint density at radius 2 is 1.20 bits per heavy atom. The summed E-state index contributed by atoms with van der Waals surface area (Å²) >= 11 is 0. The van der Waals surface area contributed by atoms with E-state index in [1.165, 1.54) is 57.8 Å². The summed E-state index contributed by atoms with van der Waals surface area (Å²) in [7, 11) is 0. The van der Waals surface area contributed by atoms with E-state index in [2.05, 4.69) is 27.7 Å². The Balaban J connectivity index is 0.000000260. The van der Waals surface area contributed by atoms with Crippen molar-refractivity contribution in [3.05, 3.63) is 0 Å². The van der Waals surface area contributed by atoms with E-state index in [4.69, 9.17) is 18.9 Å². The van der Waals surface area contributed by atoms with Crippen LogP contribution in [0.5, 0.6) is 0 Å². The summed E-state index contributed by atoms with van der Waals surface area (Å²) in [6, 6.07) is 0. The zero-order valence-electron chi connectivity index (χ0n) is 32.0. The molecule has 0 aromatic carbocycles. The van der Waals surface area contributed by atoms with Gasteiger partial charge in [-0.25, -0.2) is 0 Å². The van der Waals surface area contributed by atoms with E-state index in [1.54, 1.807) is 0 Å². The molecule has 2 unspecified atom stereocenters. The van der Waals surface area contributed by atoms with Crippen LogP contribution in [-0.4, -0.2) is 37.2 Å². The van der Waals surface area contributed by atoms with Gasteiger partial charge in [0, 0.05) is 10.8 Å². The Hall–Kier alpha value is -1.14. The Bertz CT molecular complexity index is 947. The summed E-state index contributed by atoms with van der Waals surface area (Å²) < 4.78 is 23.8. The van der Waals surface area contributed by atoms with Crippen LogP contribution in [0.25, 0.3) is 0 Å². The number of esters is 2. The van der Waals surface area contributed by atoms with Crippen LogP contribution >= 0.6 is 0 Å². The lowest BCUT2D eigenvalue weighted by Gasteiger charge is -2.57. The molecule has 2 atom stereocenters. The van der Waals surface area contributed by atoms with Crippen LogP contribution in [-0.2, 0) is 28.5 Å². The topological polar surface area (TPSA) is 71.1 Å². The van der Waals surface area contributed by atoms with Crippen molar-refractivity contribution in [2.24, 2.45) is 44.8 Å². The first-order valence-corrected chi connectivity index (χ1v) is 18.9. The number of carbonyl (C=O) groups is 2. The molecule has 0 heterocycles. The van der Waals surface area contributed by atoms with E-state index in [9.17, 15) is 9.59 Å². The summed E-state index contributed by atoms with van der Waals surface area (Å²) in [5.41, 5.74) is -0.622. The highest BCUT2D eigenvalue weighted by Crippen LogP contribution is 2.61. The smallest absolute Gasteiger partial charge is 0.313 e. The molecule has 5 fully saturated rings. The lowest BCUT2D eigenvalue weighted by Crippen LogP contribution is -2.47. The highest BCUT2D eigenvalue weighted by Gasteiger charge is 2.50. The largest absolute Gasteiger partial charge is 0.435 e. The second-order valence-electron chi connectivity index (χ2n) is 18.8. The Labute approximate surface area is 283 Å². The molecule has 46 heavy (non-hydrogen) atoms. The maximum atomic E-state index is 12.5. The zero-order valence-corrected chi connectivity index (χ0v) is 32.0. The lowest BCUT2D eigenvalue weighted by molar-refractivity contribution is -0.232. The summed E-state index contributed by atoms with van der Waals surface area (Å²) in [6.07, 6.45) is 16.4. The Kier molecular flexibility index (Phi) is 13.3. The third kappa shape index (κ3) is 10.4. The Morgan fingerprint density at radius 1 is 0.739 bits per heavy atom. The van der Waals surface area contributed by atoms with Crippen LogP contribution in [0.15, 0.2) is 0 Å². The van der Waals surface area contributed by atoms with Crippen molar-refractivity contribution >= 4 is 11.9 Å². The van der Waals surface area contributed by atoms with Gasteiger partial charge in [-0.15, -0.1) is 0 Å². The van der Waals surface area contributed by atoms with Crippen molar-refractivity contribution in [3.8, 4) is 0 Å². The minimum Gasteiger partial charge on any atom is -0.435 e. The molecule has 6 nitrogen and oxygen atoms in total. The molecule has 0 aliphatic heterocycles. The van der Waals surface area contributed by atoms with Gasteiger partial charge in [0.2, 0.25) is 12.6 Å². The van der Waals surface area contributed by atoms with Crippen LogP contribution in [0.4, 0.5) is 0 Å². The van der Waals surface area contributed by atoms with Crippen molar-refractivity contribution in [3.63, 3.8) is 0 Å². The van der Waals surface area contributed by atoms with Gasteiger partial charge in [0.1, 0.15) is 0 Å². The van der Waals surface area contributed by atoms with E-state index in [0.717, 1.165) is 49.9 Å². The fourth-order valence-corrected chi connectivity index (χ4v) is 8.42. The minimum atomic E-state index is -0.463. The first-order chi connectivity index (χ1) is 21.2. The van der Waals surface area contributed by atoms with Crippen LogP contribution in [0.2, 0.25) is 0 Å². The average Bonchev–Trinajstić information content (AvgIpc) is 2.95. The quantitative estimate of drug-likeness (QED) is 0.146. The van der Waals surface area contributed by atoms with E-state index in [-0.39, 0.29) is 28.9 Å². The first-order valence-electron chi connectivity index (χ1n) is 18.9. The number of ether oxygens (including phenoxy) is 4. The molecule has 0 aromatic heterocycles. The van der Waals surface area contributed by atoms with E-state index >= 15 is 0 Å². The van der Waals surface area contributed by atoms with Gasteiger partial charge in [-0.1, -0.05) is 60.8 Å². The van der Waals surface area contributed by atoms with Gasteiger partial charge in [0.15, 0.2) is 0 Å². The second kappa shape index (κ2) is 15.6. The van der Waals surface area contributed by atoms with Gasteiger partial charge in [-0.2, -0.15) is 0 Å². The van der Waals surface area contributed by atoms with Crippen LogP contribution in [0.1, 0.15) is 173 Å². The van der Waals surface area contributed by atoms with Gasteiger partial charge in [0.25, 0.3) is 0 Å². The van der Waals surface area contributed by atoms with Crippen LogP contribution in [0, 0.1) is 44.8 Å². The molecule has 0 amide bonds. The SMILES string of the molecule is CCC(C)(C)C(=O)OC(OC(C)C)C1(C)CCCCC1.CCC(C)(C)C(=O)OC(OCCC12CC3CC(CC(C3)C1)C2)C(C)(C)C. The van der Waals surface area contributed by atoms with Gasteiger partial charge < -0.3 is 18.9 Å². The summed E-state index contributed by atoms with van der Waals surface area (Å²) in [5, 5.41) is 0. The molecule has 0 saturated heterocycles. The van der Waals surface area contributed by atoms with Crippen molar-refractivity contribution in [2.45, 2.75) is 192 Å². The normalized spacial score (nSPS) is 28.7. The van der Waals surface area contributed by atoms with Gasteiger partial charge in [0.05, 0.1) is 23.5 Å². The maximum Gasteiger partial charge on any atom is 0.313 e.